The van der Waals surface area contributed by atoms with Gasteiger partial charge in [-0.1, -0.05) is 41.9 Å². The van der Waals surface area contributed by atoms with Crippen molar-refractivity contribution in [1.82, 2.24) is 9.38 Å². The number of hydrogen-bond donors (Lipinski definition) is 1. The van der Waals surface area contributed by atoms with E-state index in [1.807, 2.05) is 53.1 Å². The standard InChI is InChI=1S/C23H15BrClN3O2/c24-15-6-9-20-27-21(18-13-30-19-8-7-16(25)10-17(19)22(18)29)23(28(20)12-15)26-11-14-4-2-1-3-5-14/h1-10,12-13,26H,11H2. The lowest BCUT2D eigenvalue weighted by atomic mass is 10.1. The van der Waals surface area contributed by atoms with Crippen LogP contribution in [0.2, 0.25) is 5.02 Å². The summed E-state index contributed by atoms with van der Waals surface area (Å²) in [6.07, 6.45) is 3.38. The Hall–Kier alpha value is -3.09. The maximum atomic E-state index is 13.2. The molecule has 0 amide bonds. The van der Waals surface area contributed by atoms with Gasteiger partial charge in [-0.15, -0.1) is 0 Å². The Morgan fingerprint density at radius 2 is 1.93 bits per heavy atom. The van der Waals surface area contributed by atoms with E-state index in [0.29, 0.717) is 45.3 Å². The van der Waals surface area contributed by atoms with Gasteiger partial charge in [0.15, 0.2) is 0 Å². The Balaban J connectivity index is 1.70. The van der Waals surface area contributed by atoms with Crippen molar-refractivity contribution >= 4 is 50.0 Å². The number of anilines is 1. The molecule has 30 heavy (non-hydrogen) atoms. The van der Waals surface area contributed by atoms with Crippen LogP contribution in [0.4, 0.5) is 5.82 Å². The van der Waals surface area contributed by atoms with Crippen molar-refractivity contribution < 1.29 is 4.42 Å². The molecule has 1 N–H and O–H groups in total. The summed E-state index contributed by atoms with van der Waals surface area (Å²) in [5, 5.41) is 4.34. The molecule has 0 atom stereocenters. The van der Waals surface area contributed by atoms with Gasteiger partial charge in [0, 0.05) is 22.2 Å². The zero-order valence-electron chi connectivity index (χ0n) is 15.6. The SMILES string of the molecule is O=c1c(-c2nc3ccc(Br)cn3c2NCc2ccccc2)coc2ccc(Cl)cc12. The number of nitrogens with one attached hydrogen (secondary N) is 1. The minimum atomic E-state index is -0.177. The second-order valence-electron chi connectivity index (χ2n) is 6.84. The Morgan fingerprint density at radius 1 is 1.10 bits per heavy atom. The van der Waals surface area contributed by atoms with Gasteiger partial charge in [-0.2, -0.15) is 0 Å². The van der Waals surface area contributed by atoms with E-state index in [4.69, 9.17) is 21.0 Å². The second kappa shape index (κ2) is 7.63. The first kappa shape index (κ1) is 18.9. The first-order valence-electron chi connectivity index (χ1n) is 9.27. The van der Waals surface area contributed by atoms with E-state index < -0.39 is 0 Å². The molecule has 148 valence electrons. The molecule has 2 aromatic carbocycles. The van der Waals surface area contributed by atoms with E-state index in [9.17, 15) is 4.79 Å². The number of imidazole rings is 1. The average molecular weight is 481 g/mol. The smallest absolute Gasteiger partial charge is 0.202 e. The predicted octanol–water partition coefficient (Wildman–Crippen LogP) is 6.14. The van der Waals surface area contributed by atoms with Crippen LogP contribution < -0.4 is 10.7 Å². The Bertz CT molecular complexity index is 1440. The number of fused-ring (bicyclic) bond motifs is 2. The molecule has 0 saturated carbocycles. The zero-order valence-corrected chi connectivity index (χ0v) is 17.9. The summed E-state index contributed by atoms with van der Waals surface area (Å²) in [6.45, 7) is 0.582. The minimum Gasteiger partial charge on any atom is -0.463 e. The van der Waals surface area contributed by atoms with Crippen molar-refractivity contribution in [2.75, 3.05) is 5.32 Å². The molecule has 0 aliphatic rings. The van der Waals surface area contributed by atoms with Crippen LogP contribution in [0.3, 0.4) is 0 Å². The Kier molecular flexibility index (Phi) is 4.81. The summed E-state index contributed by atoms with van der Waals surface area (Å²) in [5.41, 5.74) is 3.04. The fraction of sp³-hybridized carbons (Fsp3) is 0.0435. The van der Waals surface area contributed by atoms with Crippen LogP contribution in [0.1, 0.15) is 5.56 Å². The quantitative estimate of drug-likeness (QED) is 0.336. The fourth-order valence-electron chi connectivity index (χ4n) is 3.42. The van der Waals surface area contributed by atoms with Crippen molar-refractivity contribution in [1.29, 1.82) is 0 Å². The van der Waals surface area contributed by atoms with Gasteiger partial charge in [0.1, 0.15) is 29.0 Å². The monoisotopic (exact) mass is 479 g/mol. The number of benzene rings is 2. The normalized spacial score (nSPS) is 11.3. The minimum absolute atomic E-state index is 0.177. The van der Waals surface area contributed by atoms with Crippen LogP contribution in [0.15, 0.2) is 86.8 Å². The van der Waals surface area contributed by atoms with Crippen molar-refractivity contribution in [2.24, 2.45) is 0 Å². The van der Waals surface area contributed by atoms with Crippen LogP contribution in [-0.2, 0) is 6.54 Å². The molecule has 0 saturated heterocycles. The summed E-state index contributed by atoms with van der Waals surface area (Å²) >= 11 is 9.61. The van der Waals surface area contributed by atoms with Crippen molar-refractivity contribution in [2.45, 2.75) is 6.54 Å². The van der Waals surface area contributed by atoms with Gasteiger partial charge < -0.3 is 9.73 Å². The summed E-state index contributed by atoms with van der Waals surface area (Å²) in [5.74, 6) is 0.712. The van der Waals surface area contributed by atoms with Gasteiger partial charge >= 0.3 is 0 Å². The zero-order chi connectivity index (χ0) is 20.7. The topological polar surface area (TPSA) is 59.5 Å². The first-order chi connectivity index (χ1) is 14.6. The number of halogens is 2. The van der Waals surface area contributed by atoms with Gasteiger partial charge in [0.05, 0.1) is 10.9 Å². The molecule has 3 aromatic heterocycles. The van der Waals surface area contributed by atoms with E-state index in [0.717, 1.165) is 10.0 Å². The van der Waals surface area contributed by atoms with Gasteiger partial charge in [-0.25, -0.2) is 4.98 Å². The van der Waals surface area contributed by atoms with Crippen molar-refractivity contribution in [3.63, 3.8) is 0 Å². The van der Waals surface area contributed by atoms with Gasteiger partial charge in [-0.05, 0) is 51.8 Å². The van der Waals surface area contributed by atoms with Gasteiger partial charge in [-0.3, -0.25) is 9.20 Å². The lowest BCUT2D eigenvalue weighted by Crippen LogP contribution is -2.08. The molecule has 5 aromatic rings. The number of rotatable bonds is 4. The van der Waals surface area contributed by atoms with Crippen LogP contribution in [0.5, 0.6) is 0 Å². The van der Waals surface area contributed by atoms with Crippen LogP contribution >= 0.6 is 27.5 Å². The third-order valence-corrected chi connectivity index (χ3v) is 5.58. The summed E-state index contributed by atoms with van der Waals surface area (Å²) < 4.78 is 8.55. The highest BCUT2D eigenvalue weighted by molar-refractivity contribution is 9.10. The highest BCUT2D eigenvalue weighted by atomic mass is 79.9. The van der Waals surface area contributed by atoms with E-state index in [2.05, 4.69) is 21.2 Å². The molecule has 0 spiro atoms. The van der Waals surface area contributed by atoms with E-state index in [1.54, 1.807) is 18.2 Å². The van der Waals surface area contributed by atoms with Crippen LogP contribution in [-0.4, -0.2) is 9.38 Å². The molecule has 0 fully saturated rings. The number of nitrogens with zero attached hydrogens (tertiary/aromatic N) is 2. The lowest BCUT2D eigenvalue weighted by Gasteiger charge is -2.09. The summed E-state index contributed by atoms with van der Waals surface area (Å²) in [6, 6.07) is 18.9. The third kappa shape index (κ3) is 3.38. The molecular formula is C23H15BrClN3O2. The van der Waals surface area contributed by atoms with Crippen LogP contribution in [0.25, 0.3) is 27.9 Å². The second-order valence-corrected chi connectivity index (χ2v) is 8.19. The Labute approximate surface area is 185 Å². The third-order valence-electron chi connectivity index (χ3n) is 4.87. The predicted molar refractivity (Wildman–Crippen MR) is 123 cm³/mol. The molecule has 5 rings (SSSR count). The largest absolute Gasteiger partial charge is 0.463 e. The molecule has 3 heterocycles. The van der Waals surface area contributed by atoms with Crippen LogP contribution in [0, 0.1) is 0 Å². The molecule has 0 unspecified atom stereocenters. The Morgan fingerprint density at radius 3 is 2.77 bits per heavy atom. The molecule has 0 radical (unpaired) electrons. The maximum Gasteiger partial charge on any atom is 0.202 e. The number of pyridine rings is 1. The highest BCUT2D eigenvalue weighted by Crippen LogP contribution is 2.30. The van der Waals surface area contributed by atoms with E-state index in [1.165, 1.54) is 6.26 Å². The highest BCUT2D eigenvalue weighted by Gasteiger charge is 2.19. The van der Waals surface area contributed by atoms with Gasteiger partial charge in [0.25, 0.3) is 0 Å². The summed E-state index contributed by atoms with van der Waals surface area (Å²) in [7, 11) is 0. The summed E-state index contributed by atoms with van der Waals surface area (Å²) in [4.78, 5) is 18.0. The fourth-order valence-corrected chi connectivity index (χ4v) is 3.93. The van der Waals surface area contributed by atoms with E-state index >= 15 is 0 Å². The first-order valence-corrected chi connectivity index (χ1v) is 10.4. The average Bonchev–Trinajstić information content (AvgIpc) is 3.11. The number of aromatic nitrogens is 2. The van der Waals surface area contributed by atoms with E-state index in [-0.39, 0.29) is 5.43 Å². The molecule has 7 heteroatoms. The van der Waals surface area contributed by atoms with Gasteiger partial charge in [0.2, 0.25) is 5.43 Å². The molecular weight excluding hydrogens is 466 g/mol. The van der Waals surface area contributed by atoms with Crippen molar-refractivity contribution in [3.05, 3.63) is 98.4 Å². The molecule has 0 aliphatic carbocycles. The molecule has 5 nitrogen and oxygen atoms in total. The van der Waals surface area contributed by atoms with Crippen molar-refractivity contribution in [3.8, 4) is 11.3 Å². The number of hydrogen-bond acceptors (Lipinski definition) is 4. The molecule has 0 bridgehead atoms. The maximum absolute atomic E-state index is 13.2. The molecule has 0 aliphatic heterocycles. The lowest BCUT2D eigenvalue weighted by molar-refractivity contribution is 0.604.